The summed E-state index contributed by atoms with van der Waals surface area (Å²) in [5.41, 5.74) is 0.207. The number of pyridine rings is 1. The maximum Gasteiger partial charge on any atom is 0.410 e. The molecule has 0 unspecified atom stereocenters. The van der Waals surface area contributed by atoms with Crippen LogP contribution in [0, 0.1) is 0 Å². The summed E-state index contributed by atoms with van der Waals surface area (Å²) < 4.78 is 6.22. The lowest BCUT2D eigenvalue weighted by Crippen LogP contribution is -2.40. The fourth-order valence-electron chi connectivity index (χ4n) is 2.32. The molecule has 0 saturated carbocycles. The number of halogens is 1. The number of hydrogen-bond donors (Lipinski definition) is 1. The summed E-state index contributed by atoms with van der Waals surface area (Å²) in [5.74, 6) is -0.0872. The first kappa shape index (κ1) is 17.7. The van der Waals surface area contributed by atoms with Crippen LogP contribution in [0.15, 0.2) is 22.8 Å². The van der Waals surface area contributed by atoms with E-state index in [0.717, 1.165) is 10.9 Å². The van der Waals surface area contributed by atoms with Gasteiger partial charge >= 0.3 is 6.09 Å². The highest BCUT2D eigenvalue weighted by Crippen LogP contribution is 2.15. The highest BCUT2D eigenvalue weighted by Gasteiger charge is 2.30. The van der Waals surface area contributed by atoms with Gasteiger partial charge in [0, 0.05) is 35.5 Å². The molecule has 0 aromatic carbocycles. The number of carbonyl (C=O) groups excluding carboxylic acids is 2. The molecule has 1 aliphatic rings. The molecule has 2 heterocycles. The second-order valence-corrected chi connectivity index (χ2v) is 7.54. The molecule has 1 aromatic rings. The van der Waals surface area contributed by atoms with Crippen LogP contribution in [0.25, 0.3) is 0 Å². The third kappa shape index (κ3) is 5.82. The Labute approximate surface area is 144 Å². The summed E-state index contributed by atoms with van der Waals surface area (Å²) in [6.45, 7) is 6.59. The summed E-state index contributed by atoms with van der Waals surface area (Å²) in [7, 11) is 0. The zero-order valence-electron chi connectivity index (χ0n) is 13.6. The quantitative estimate of drug-likeness (QED) is 0.870. The minimum Gasteiger partial charge on any atom is -0.444 e. The summed E-state index contributed by atoms with van der Waals surface area (Å²) >= 11 is 3.31. The third-order valence-electron chi connectivity index (χ3n) is 3.34. The van der Waals surface area contributed by atoms with Crippen molar-refractivity contribution < 1.29 is 14.3 Å². The lowest BCUT2D eigenvalue weighted by Gasteiger charge is -2.24. The number of rotatable bonds is 3. The van der Waals surface area contributed by atoms with Gasteiger partial charge in [-0.05, 0) is 55.3 Å². The molecule has 0 spiro atoms. The summed E-state index contributed by atoms with van der Waals surface area (Å²) in [4.78, 5) is 29.9. The summed E-state index contributed by atoms with van der Waals surface area (Å²) in [6, 6.07) is 3.63. The van der Waals surface area contributed by atoms with E-state index in [9.17, 15) is 9.59 Å². The van der Waals surface area contributed by atoms with Crippen LogP contribution in [0.5, 0.6) is 0 Å². The van der Waals surface area contributed by atoms with E-state index in [2.05, 4.69) is 26.2 Å². The normalized spacial score (nSPS) is 17.9. The van der Waals surface area contributed by atoms with E-state index in [1.54, 1.807) is 11.1 Å². The predicted octanol–water partition coefficient (Wildman–Crippen LogP) is 2.51. The lowest BCUT2D eigenvalue weighted by molar-refractivity contribution is -0.121. The van der Waals surface area contributed by atoms with Crippen LogP contribution < -0.4 is 5.32 Å². The van der Waals surface area contributed by atoms with E-state index >= 15 is 0 Å². The van der Waals surface area contributed by atoms with E-state index in [1.807, 2.05) is 32.9 Å². The van der Waals surface area contributed by atoms with E-state index in [-0.39, 0.29) is 24.5 Å². The molecule has 0 aliphatic carbocycles. The minimum absolute atomic E-state index is 0.0366. The minimum atomic E-state index is -0.508. The van der Waals surface area contributed by atoms with Crippen molar-refractivity contribution in [1.29, 1.82) is 0 Å². The van der Waals surface area contributed by atoms with Gasteiger partial charge in [0.15, 0.2) is 0 Å². The van der Waals surface area contributed by atoms with Crippen LogP contribution in [0.2, 0.25) is 0 Å². The average Bonchev–Trinajstić information content (AvgIpc) is 2.88. The summed E-state index contributed by atoms with van der Waals surface area (Å²) in [5, 5.41) is 2.95. The maximum atomic E-state index is 12.1. The number of carbonyl (C=O) groups is 2. The zero-order valence-corrected chi connectivity index (χ0v) is 15.2. The monoisotopic (exact) mass is 383 g/mol. The molecule has 1 N–H and O–H groups in total. The SMILES string of the molecule is CC(C)(C)OC(=O)N1CC[C@H](NC(=O)Cc2ccc(Br)cn2)C1. The van der Waals surface area contributed by atoms with Crippen molar-refractivity contribution in [1.82, 2.24) is 15.2 Å². The molecule has 0 bridgehead atoms. The van der Waals surface area contributed by atoms with Crippen molar-refractivity contribution in [2.75, 3.05) is 13.1 Å². The Balaban J connectivity index is 1.79. The second kappa shape index (κ2) is 7.29. The van der Waals surface area contributed by atoms with E-state index in [0.29, 0.717) is 18.8 Å². The molecule has 126 valence electrons. The van der Waals surface area contributed by atoms with Gasteiger partial charge in [0.2, 0.25) is 5.91 Å². The van der Waals surface area contributed by atoms with Gasteiger partial charge in [-0.1, -0.05) is 0 Å². The second-order valence-electron chi connectivity index (χ2n) is 6.62. The van der Waals surface area contributed by atoms with Crippen LogP contribution >= 0.6 is 15.9 Å². The Morgan fingerprint density at radius 1 is 1.43 bits per heavy atom. The largest absolute Gasteiger partial charge is 0.444 e. The Kier molecular flexibility index (Phi) is 5.62. The molecule has 0 radical (unpaired) electrons. The van der Waals surface area contributed by atoms with Crippen LogP contribution in [-0.2, 0) is 16.0 Å². The number of amides is 2. The first-order valence-corrected chi connectivity index (χ1v) is 8.40. The topological polar surface area (TPSA) is 71.5 Å². The van der Waals surface area contributed by atoms with Crippen molar-refractivity contribution in [3.05, 3.63) is 28.5 Å². The molecular weight excluding hydrogens is 362 g/mol. The van der Waals surface area contributed by atoms with Gasteiger partial charge in [0.05, 0.1) is 6.42 Å². The van der Waals surface area contributed by atoms with Crippen molar-refractivity contribution in [3.63, 3.8) is 0 Å². The Hall–Kier alpha value is -1.63. The Morgan fingerprint density at radius 3 is 2.78 bits per heavy atom. The molecule has 1 fully saturated rings. The fraction of sp³-hybridized carbons (Fsp3) is 0.562. The molecule has 1 aromatic heterocycles. The van der Waals surface area contributed by atoms with Crippen LogP contribution in [-0.4, -0.2) is 46.6 Å². The van der Waals surface area contributed by atoms with Crippen LogP contribution in [0.4, 0.5) is 4.79 Å². The average molecular weight is 384 g/mol. The Bertz CT molecular complexity index is 569. The van der Waals surface area contributed by atoms with E-state index in [4.69, 9.17) is 4.74 Å². The molecule has 2 amide bonds. The van der Waals surface area contributed by atoms with Crippen LogP contribution in [0.1, 0.15) is 32.9 Å². The highest BCUT2D eigenvalue weighted by atomic mass is 79.9. The zero-order chi connectivity index (χ0) is 17.0. The van der Waals surface area contributed by atoms with Crippen molar-refractivity contribution >= 4 is 27.9 Å². The van der Waals surface area contributed by atoms with E-state index in [1.165, 1.54) is 0 Å². The predicted molar refractivity (Wildman–Crippen MR) is 90.0 cm³/mol. The van der Waals surface area contributed by atoms with Gasteiger partial charge in [-0.3, -0.25) is 9.78 Å². The number of nitrogens with one attached hydrogen (secondary N) is 1. The van der Waals surface area contributed by atoms with Gasteiger partial charge in [-0.15, -0.1) is 0 Å². The van der Waals surface area contributed by atoms with Crippen LogP contribution in [0.3, 0.4) is 0 Å². The fourth-order valence-corrected chi connectivity index (χ4v) is 2.56. The molecule has 1 saturated heterocycles. The summed E-state index contributed by atoms with van der Waals surface area (Å²) in [6.07, 6.45) is 2.31. The van der Waals surface area contributed by atoms with Crippen molar-refractivity contribution in [3.8, 4) is 0 Å². The third-order valence-corrected chi connectivity index (χ3v) is 3.80. The molecular formula is C16H22BrN3O3. The first-order chi connectivity index (χ1) is 10.7. The number of ether oxygens (including phenoxy) is 1. The number of aromatic nitrogens is 1. The smallest absolute Gasteiger partial charge is 0.410 e. The van der Waals surface area contributed by atoms with Gasteiger partial charge in [0.1, 0.15) is 5.60 Å². The first-order valence-electron chi connectivity index (χ1n) is 7.60. The molecule has 7 heteroatoms. The van der Waals surface area contributed by atoms with Gasteiger partial charge in [0.25, 0.3) is 0 Å². The number of likely N-dealkylation sites (tertiary alicyclic amines) is 1. The van der Waals surface area contributed by atoms with Crippen molar-refractivity contribution in [2.45, 2.75) is 45.3 Å². The van der Waals surface area contributed by atoms with Crippen molar-refractivity contribution in [2.24, 2.45) is 0 Å². The van der Waals surface area contributed by atoms with E-state index < -0.39 is 5.60 Å². The lowest BCUT2D eigenvalue weighted by atomic mass is 10.2. The molecule has 23 heavy (non-hydrogen) atoms. The highest BCUT2D eigenvalue weighted by molar-refractivity contribution is 9.10. The van der Waals surface area contributed by atoms with Gasteiger partial charge in [-0.25, -0.2) is 4.79 Å². The van der Waals surface area contributed by atoms with Gasteiger partial charge < -0.3 is 15.0 Å². The molecule has 6 nitrogen and oxygen atoms in total. The number of hydrogen-bond acceptors (Lipinski definition) is 4. The molecule has 1 aliphatic heterocycles. The Morgan fingerprint density at radius 2 is 2.17 bits per heavy atom. The van der Waals surface area contributed by atoms with Gasteiger partial charge in [-0.2, -0.15) is 0 Å². The number of nitrogens with zero attached hydrogens (tertiary/aromatic N) is 2. The standard InChI is InChI=1S/C16H22BrN3O3/c1-16(2,3)23-15(22)20-7-6-13(10-20)19-14(21)8-12-5-4-11(17)9-18-12/h4-5,9,13H,6-8,10H2,1-3H3,(H,19,21)/t13-/m0/s1. The molecule has 2 rings (SSSR count). The molecule has 1 atom stereocenters. The maximum absolute atomic E-state index is 12.1.